The molecule has 0 radical (unpaired) electrons. The molecule has 1 aromatic carbocycles. The average molecular weight is 206 g/mol. The van der Waals surface area contributed by atoms with E-state index in [1.165, 1.54) is 12.8 Å². The van der Waals surface area contributed by atoms with Crippen LogP contribution in [0.3, 0.4) is 0 Å². The molecule has 1 aromatic rings. The van der Waals surface area contributed by atoms with E-state index in [2.05, 4.69) is 0 Å². The topological polar surface area (TPSA) is 78.3 Å². The molecule has 0 atom stereocenters. The first-order valence-electron chi connectivity index (χ1n) is 4.99. The predicted octanol–water partition coefficient (Wildman–Crippen LogP) is 1.16. The summed E-state index contributed by atoms with van der Waals surface area (Å²) in [6.45, 7) is 0.657. The van der Waals surface area contributed by atoms with E-state index in [0.29, 0.717) is 29.5 Å². The van der Waals surface area contributed by atoms with Crippen molar-refractivity contribution in [2.45, 2.75) is 12.8 Å². The molecule has 2 rings (SSSR count). The van der Waals surface area contributed by atoms with Gasteiger partial charge in [-0.3, -0.25) is 4.79 Å². The van der Waals surface area contributed by atoms with Gasteiger partial charge in [-0.2, -0.15) is 0 Å². The molecular weight excluding hydrogens is 192 g/mol. The first-order valence-corrected chi connectivity index (χ1v) is 4.99. The second kappa shape index (κ2) is 3.81. The minimum Gasteiger partial charge on any atom is -0.492 e. The monoisotopic (exact) mass is 206 g/mol. The SMILES string of the molecule is NC(=O)c1cc(N)ccc1OCC1CC1. The number of carbonyl (C=O) groups is 1. The number of carbonyl (C=O) groups excluding carboxylic acids is 1. The number of ether oxygens (including phenoxy) is 1. The quantitative estimate of drug-likeness (QED) is 0.725. The largest absolute Gasteiger partial charge is 0.492 e. The number of hydrogen-bond donors (Lipinski definition) is 2. The molecule has 80 valence electrons. The van der Waals surface area contributed by atoms with Crippen LogP contribution in [-0.2, 0) is 0 Å². The van der Waals surface area contributed by atoms with Gasteiger partial charge in [0.2, 0.25) is 0 Å². The molecule has 0 aromatic heterocycles. The highest BCUT2D eigenvalue weighted by atomic mass is 16.5. The zero-order valence-corrected chi connectivity index (χ0v) is 8.40. The van der Waals surface area contributed by atoms with Crippen LogP contribution < -0.4 is 16.2 Å². The minimum atomic E-state index is -0.506. The van der Waals surface area contributed by atoms with Gasteiger partial charge in [-0.25, -0.2) is 0 Å². The second-order valence-corrected chi connectivity index (χ2v) is 3.87. The van der Waals surface area contributed by atoms with Crippen LogP contribution in [0.2, 0.25) is 0 Å². The number of benzene rings is 1. The van der Waals surface area contributed by atoms with Gasteiger partial charge in [-0.15, -0.1) is 0 Å². The standard InChI is InChI=1S/C11H14N2O2/c12-8-3-4-10(9(5-8)11(13)14)15-6-7-1-2-7/h3-5,7H,1-2,6,12H2,(H2,13,14). The molecule has 4 nitrogen and oxygen atoms in total. The molecule has 0 bridgehead atoms. The first-order chi connectivity index (χ1) is 7.16. The molecule has 0 unspecified atom stereocenters. The summed E-state index contributed by atoms with van der Waals surface area (Å²) in [5, 5.41) is 0. The molecule has 1 amide bonds. The Kier molecular flexibility index (Phi) is 2.49. The summed E-state index contributed by atoms with van der Waals surface area (Å²) in [6, 6.07) is 4.94. The van der Waals surface area contributed by atoms with Gasteiger partial charge in [-0.05, 0) is 37.0 Å². The fraction of sp³-hybridized carbons (Fsp3) is 0.364. The summed E-state index contributed by atoms with van der Waals surface area (Å²) < 4.78 is 5.52. The molecule has 4 N–H and O–H groups in total. The Morgan fingerprint density at radius 1 is 1.47 bits per heavy atom. The summed E-state index contributed by atoms with van der Waals surface area (Å²) >= 11 is 0. The van der Waals surface area contributed by atoms with Crippen LogP contribution in [0.15, 0.2) is 18.2 Å². The lowest BCUT2D eigenvalue weighted by Crippen LogP contribution is -2.14. The molecule has 0 heterocycles. The number of nitrogens with two attached hydrogens (primary N) is 2. The third-order valence-corrected chi connectivity index (χ3v) is 2.44. The van der Waals surface area contributed by atoms with E-state index in [9.17, 15) is 4.79 Å². The fourth-order valence-electron chi connectivity index (χ4n) is 1.36. The number of hydrogen-bond acceptors (Lipinski definition) is 3. The van der Waals surface area contributed by atoms with Gasteiger partial charge in [0, 0.05) is 5.69 Å². The number of rotatable bonds is 4. The summed E-state index contributed by atoms with van der Waals surface area (Å²) in [5.74, 6) is 0.667. The predicted molar refractivity (Wildman–Crippen MR) is 57.6 cm³/mol. The van der Waals surface area contributed by atoms with Gasteiger partial charge in [0.05, 0.1) is 12.2 Å². The van der Waals surface area contributed by atoms with Gasteiger partial charge in [0.25, 0.3) is 5.91 Å². The van der Waals surface area contributed by atoms with E-state index in [-0.39, 0.29) is 0 Å². The van der Waals surface area contributed by atoms with Crippen molar-refractivity contribution in [1.29, 1.82) is 0 Å². The van der Waals surface area contributed by atoms with E-state index in [1.807, 2.05) is 0 Å². The molecule has 15 heavy (non-hydrogen) atoms. The van der Waals surface area contributed by atoms with E-state index in [1.54, 1.807) is 18.2 Å². The Morgan fingerprint density at radius 3 is 2.80 bits per heavy atom. The lowest BCUT2D eigenvalue weighted by molar-refractivity contribution is 0.0996. The number of anilines is 1. The van der Waals surface area contributed by atoms with Crippen molar-refractivity contribution in [3.8, 4) is 5.75 Å². The second-order valence-electron chi connectivity index (χ2n) is 3.87. The van der Waals surface area contributed by atoms with Gasteiger partial charge in [0.1, 0.15) is 5.75 Å². The van der Waals surface area contributed by atoms with Crippen LogP contribution >= 0.6 is 0 Å². The van der Waals surface area contributed by atoms with E-state index in [4.69, 9.17) is 16.2 Å². The van der Waals surface area contributed by atoms with Crippen LogP contribution in [0.1, 0.15) is 23.2 Å². The van der Waals surface area contributed by atoms with Crippen molar-refractivity contribution in [3.63, 3.8) is 0 Å². The van der Waals surface area contributed by atoms with Gasteiger partial charge < -0.3 is 16.2 Å². The molecule has 1 saturated carbocycles. The molecule has 4 heteroatoms. The minimum absolute atomic E-state index is 0.357. The maximum absolute atomic E-state index is 11.1. The Balaban J connectivity index is 2.15. The first kappa shape index (κ1) is 9.83. The number of amides is 1. The van der Waals surface area contributed by atoms with E-state index < -0.39 is 5.91 Å². The molecule has 1 aliphatic carbocycles. The van der Waals surface area contributed by atoms with Crippen molar-refractivity contribution in [3.05, 3.63) is 23.8 Å². The molecule has 1 aliphatic rings. The van der Waals surface area contributed by atoms with Crippen LogP contribution in [0, 0.1) is 5.92 Å². The Labute approximate surface area is 88.2 Å². The highest BCUT2D eigenvalue weighted by molar-refractivity contribution is 5.96. The third kappa shape index (κ3) is 2.40. The van der Waals surface area contributed by atoms with Crippen molar-refractivity contribution < 1.29 is 9.53 Å². The van der Waals surface area contributed by atoms with Gasteiger partial charge >= 0.3 is 0 Å². The Bertz CT molecular complexity index is 386. The molecule has 1 fully saturated rings. The van der Waals surface area contributed by atoms with Crippen molar-refractivity contribution in [1.82, 2.24) is 0 Å². The van der Waals surface area contributed by atoms with Crippen molar-refractivity contribution >= 4 is 11.6 Å². The lowest BCUT2D eigenvalue weighted by Gasteiger charge is -2.09. The number of primary amides is 1. The summed E-state index contributed by atoms with van der Waals surface area (Å²) in [6.07, 6.45) is 2.42. The van der Waals surface area contributed by atoms with Gasteiger partial charge in [-0.1, -0.05) is 0 Å². The molecular formula is C11H14N2O2. The lowest BCUT2D eigenvalue weighted by atomic mass is 10.1. The maximum atomic E-state index is 11.1. The Hall–Kier alpha value is -1.71. The zero-order valence-electron chi connectivity index (χ0n) is 8.40. The van der Waals surface area contributed by atoms with Crippen LogP contribution in [0.25, 0.3) is 0 Å². The zero-order chi connectivity index (χ0) is 10.8. The molecule has 0 aliphatic heterocycles. The molecule has 0 spiro atoms. The fourth-order valence-corrected chi connectivity index (χ4v) is 1.36. The van der Waals surface area contributed by atoms with Crippen molar-refractivity contribution in [2.75, 3.05) is 12.3 Å². The Morgan fingerprint density at radius 2 is 2.20 bits per heavy atom. The summed E-state index contributed by atoms with van der Waals surface area (Å²) in [7, 11) is 0. The average Bonchev–Trinajstić information content (AvgIpc) is 2.99. The smallest absolute Gasteiger partial charge is 0.252 e. The van der Waals surface area contributed by atoms with Crippen molar-refractivity contribution in [2.24, 2.45) is 11.7 Å². The summed E-state index contributed by atoms with van der Waals surface area (Å²) in [5.41, 5.74) is 11.7. The highest BCUT2D eigenvalue weighted by Gasteiger charge is 2.22. The molecule has 0 saturated heterocycles. The van der Waals surface area contributed by atoms with Gasteiger partial charge in [0.15, 0.2) is 0 Å². The third-order valence-electron chi connectivity index (χ3n) is 2.44. The van der Waals surface area contributed by atoms with Crippen LogP contribution in [0.5, 0.6) is 5.75 Å². The number of nitrogen functional groups attached to an aromatic ring is 1. The highest BCUT2D eigenvalue weighted by Crippen LogP contribution is 2.30. The summed E-state index contributed by atoms with van der Waals surface area (Å²) in [4.78, 5) is 11.1. The van der Waals surface area contributed by atoms with Crippen LogP contribution in [0.4, 0.5) is 5.69 Å². The van der Waals surface area contributed by atoms with E-state index in [0.717, 1.165) is 0 Å². The van der Waals surface area contributed by atoms with Crippen LogP contribution in [-0.4, -0.2) is 12.5 Å². The maximum Gasteiger partial charge on any atom is 0.252 e. The van der Waals surface area contributed by atoms with E-state index >= 15 is 0 Å². The normalized spacial score (nSPS) is 14.9.